The predicted octanol–water partition coefficient (Wildman–Crippen LogP) is 4.01. The highest BCUT2D eigenvalue weighted by molar-refractivity contribution is 5.59. The van der Waals surface area contributed by atoms with E-state index in [1.807, 2.05) is 19.1 Å². The monoisotopic (exact) mass is 378 g/mol. The molecular weight excluding hydrogens is 360 g/mol. The minimum Gasteiger partial charge on any atom is -0.399 e. The largest absolute Gasteiger partial charge is 0.420 e. The van der Waals surface area contributed by atoms with Gasteiger partial charge in [-0.3, -0.25) is 0 Å². The predicted molar refractivity (Wildman–Crippen MR) is 96.0 cm³/mol. The lowest BCUT2D eigenvalue weighted by Gasteiger charge is -2.42. The number of nitrogen functional groups attached to an aromatic ring is 1. The first kappa shape index (κ1) is 18.8. The van der Waals surface area contributed by atoms with E-state index >= 15 is 0 Å². The summed E-state index contributed by atoms with van der Waals surface area (Å²) in [5, 5.41) is 8.88. The molecule has 1 saturated heterocycles. The Morgan fingerprint density at radius 1 is 1.11 bits per heavy atom. The maximum absolute atomic E-state index is 14.7. The standard InChI is InChI=1S/C19H18F4N4/c1-12-11-26(8-9-27(12)15-5-3-14(25)4-6-15)16-7-2-13(10-24)17(18(16)20)19(21,22)23/h2-7,12H,8-9,11,25H2,1H3. The van der Waals surface area contributed by atoms with Crippen molar-refractivity contribution in [1.29, 1.82) is 5.26 Å². The summed E-state index contributed by atoms with van der Waals surface area (Å²) in [5.41, 5.74) is 4.94. The summed E-state index contributed by atoms with van der Waals surface area (Å²) >= 11 is 0. The van der Waals surface area contributed by atoms with Crippen molar-refractivity contribution in [1.82, 2.24) is 0 Å². The average Bonchev–Trinajstić information content (AvgIpc) is 2.61. The Kier molecular flexibility index (Phi) is 4.87. The topological polar surface area (TPSA) is 56.3 Å². The maximum Gasteiger partial charge on any atom is 0.420 e. The van der Waals surface area contributed by atoms with E-state index in [9.17, 15) is 17.6 Å². The third-order valence-corrected chi connectivity index (χ3v) is 4.72. The molecule has 8 heteroatoms. The Labute approximate surface area is 154 Å². The van der Waals surface area contributed by atoms with E-state index in [4.69, 9.17) is 11.0 Å². The highest BCUT2D eigenvalue weighted by Gasteiger charge is 2.39. The van der Waals surface area contributed by atoms with Gasteiger partial charge in [-0.2, -0.15) is 18.4 Å². The van der Waals surface area contributed by atoms with Gasteiger partial charge >= 0.3 is 6.18 Å². The van der Waals surface area contributed by atoms with Gasteiger partial charge in [-0.1, -0.05) is 0 Å². The molecule has 0 amide bonds. The number of piperazine rings is 1. The highest BCUT2D eigenvalue weighted by atomic mass is 19.4. The molecule has 2 aromatic rings. The van der Waals surface area contributed by atoms with Crippen LogP contribution in [0.25, 0.3) is 0 Å². The van der Waals surface area contributed by atoms with Crippen molar-refractivity contribution in [2.75, 3.05) is 35.2 Å². The van der Waals surface area contributed by atoms with Crippen molar-refractivity contribution in [3.63, 3.8) is 0 Å². The van der Waals surface area contributed by atoms with E-state index < -0.39 is 23.1 Å². The van der Waals surface area contributed by atoms with Crippen molar-refractivity contribution in [3.05, 3.63) is 53.3 Å². The van der Waals surface area contributed by atoms with Crippen LogP contribution >= 0.6 is 0 Å². The molecule has 0 bridgehead atoms. The fourth-order valence-corrected chi connectivity index (χ4v) is 3.41. The molecule has 27 heavy (non-hydrogen) atoms. The lowest BCUT2D eigenvalue weighted by atomic mass is 10.0. The third-order valence-electron chi connectivity index (χ3n) is 4.72. The first-order valence-electron chi connectivity index (χ1n) is 8.39. The summed E-state index contributed by atoms with van der Waals surface area (Å²) in [6, 6.07) is 11.0. The fourth-order valence-electron chi connectivity index (χ4n) is 3.41. The van der Waals surface area contributed by atoms with Gasteiger partial charge in [0.25, 0.3) is 0 Å². The van der Waals surface area contributed by atoms with Crippen LogP contribution in [0.3, 0.4) is 0 Å². The Morgan fingerprint density at radius 2 is 1.78 bits per heavy atom. The number of hydrogen-bond donors (Lipinski definition) is 1. The molecule has 1 unspecified atom stereocenters. The molecule has 0 aromatic heterocycles. The second-order valence-electron chi connectivity index (χ2n) is 6.51. The number of benzene rings is 2. The molecule has 0 radical (unpaired) electrons. The van der Waals surface area contributed by atoms with E-state index in [2.05, 4.69) is 4.90 Å². The summed E-state index contributed by atoms with van der Waals surface area (Å²) in [4.78, 5) is 3.69. The van der Waals surface area contributed by atoms with Crippen LogP contribution in [0.15, 0.2) is 36.4 Å². The van der Waals surface area contributed by atoms with E-state index in [1.54, 1.807) is 17.0 Å². The van der Waals surface area contributed by atoms with Crippen LogP contribution in [0.4, 0.5) is 34.6 Å². The van der Waals surface area contributed by atoms with Gasteiger partial charge in [0.05, 0.1) is 17.3 Å². The van der Waals surface area contributed by atoms with Gasteiger partial charge in [0.1, 0.15) is 5.56 Å². The molecule has 0 aliphatic carbocycles. The third kappa shape index (κ3) is 3.63. The van der Waals surface area contributed by atoms with Crippen molar-refractivity contribution in [2.24, 2.45) is 0 Å². The highest BCUT2D eigenvalue weighted by Crippen LogP contribution is 2.38. The van der Waals surface area contributed by atoms with Crippen molar-refractivity contribution in [3.8, 4) is 6.07 Å². The molecule has 2 aromatic carbocycles. The summed E-state index contributed by atoms with van der Waals surface area (Å²) in [5.74, 6) is -1.39. The van der Waals surface area contributed by atoms with Gasteiger partial charge in [-0.15, -0.1) is 0 Å². The van der Waals surface area contributed by atoms with Crippen molar-refractivity contribution < 1.29 is 17.6 Å². The van der Waals surface area contributed by atoms with Gasteiger partial charge in [0.2, 0.25) is 0 Å². The second kappa shape index (κ2) is 6.99. The summed E-state index contributed by atoms with van der Waals surface area (Å²) in [7, 11) is 0. The normalized spacial score (nSPS) is 17.7. The van der Waals surface area contributed by atoms with Crippen LogP contribution in [-0.2, 0) is 6.18 Å². The van der Waals surface area contributed by atoms with E-state index in [0.29, 0.717) is 25.3 Å². The van der Waals surface area contributed by atoms with Crippen LogP contribution in [-0.4, -0.2) is 25.7 Å². The Balaban J connectivity index is 1.87. The number of anilines is 3. The van der Waals surface area contributed by atoms with Crippen LogP contribution in [0.2, 0.25) is 0 Å². The first-order chi connectivity index (χ1) is 12.7. The molecule has 3 rings (SSSR count). The summed E-state index contributed by atoms with van der Waals surface area (Å²) < 4.78 is 54.3. The van der Waals surface area contributed by atoms with E-state index in [0.717, 1.165) is 11.8 Å². The smallest absolute Gasteiger partial charge is 0.399 e. The molecule has 142 valence electrons. The number of rotatable bonds is 2. The SMILES string of the molecule is CC1CN(c2ccc(C#N)c(C(F)(F)F)c2F)CCN1c1ccc(N)cc1. The lowest BCUT2D eigenvalue weighted by molar-refractivity contribution is -0.140. The van der Waals surface area contributed by atoms with Crippen LogP contribution in [0.1, 0.15) is 18.1 Å². The minimum atomic E-state index is -4.93. The van der Waals surface area contributed by atoms with Gasteiger partial charge in [-0.05, 0) is 43.3 Å². The van der Waals surface area contributed by atoms with Gasteiger partial charge in [-0.25, -0.2) is 4.39 Å². The Morgan fingerprint density at radius 3 is 2.33 bits per heavy atom. The van der Waals surface area contributed by atoms with Gasteiger partial charge in [0, 0.05) is 37.1 Å². The number of alkyl halides is 3. The van der Waals surface area contributed by atoms with Crippen molar-refractivity contribution >= 4 is 17.1 Å². The summed E-state index contributed by atoms with van der Waals surface area (Å²) in [6.07, 6.45) is -4.93. The van der Waals surface area contributed by atoms with E-state index in [1.165, 1.54) is 12.1 Å². The Hall–Kier alpha value is -2.95. The van der Waals surface area contributed by atoms with Gasteiger partial charge in [0.15, 0.2) is 5.82 Å². The average molecular weight is 378 g/mol. The van der Waals surface area contributed by atoms with Gasteiger partial charge < -0.3 is 15.5 Å². The zero-order valence-corrected chi connectivity index (χ0v) is 14.6. The molecule has 1 heterocycles. The number of halogens is 4. The van der Waals surface area contributed by atoms with E-state index in [-0.39, 0.29) is 11.7 Å². The first-order valence-corrected chi connectivity index (χ1v) is 8.39. The lowest BCUT2D eigenvalue weighted by Crippen LogP contribution is -2.52. The fraction of sp³-hybridized carbons (Fsp3) is 0.316. The molecule has 1 atom stereocenters. The molecule has 0 saturated carbocycles. The molecule has 1 aliphatic heterocycles. The molecular formula is C19H18F4N4. The van der Waals surface area contributed by atoms with Crippen LogP contribution < -0.4 is 15.5 Å². The number of nitriles is 1. The zero-order valence-electron chi connectivity index (χ0n) is 14.6. The number of nitrogens with two attached hydrogens (primary N) is 1. The molecule has 1 fully saturated rings. The maximum atomic E-state index is 14.7. The number of nitrogens with zero attached hydrogens (tertiary/aromatic N) is 3. The molecule has 0 spiro atoms. The molecule has 2 N–H and O–H groups in total. The summed E-state index contributed by atoms with van der Waals surface area (Å²) in [6.45, 7) is 3.15. The Bertz CT molecular complexity index is 871. The van der Waals surface area contributed by atoms with Crippen LogP contribution in [0, 0.1) is 17.1 Å². The molecule has 1 aliphatic rings. The second-order valence-corrected chi connectivity index (χ2v) is 6.51. The molecule has 4 nitrogen and oxygen atoms in total. The number of hydrogen-bond acceptors (Lipinski definition) is 4. The quantitative estimate of drug-likeness (QED) is 0.634. The zero-order chi connectivity index (χ0) is 19.8. The van der Waals surface area contributed by atoms with Crippen molar-refractivity contribution in [2.45, 2.75) is 19.1 Å². The van der Waals surface area contributed by atoms with Crippen LogP contribution in [0.5, 0.6) is 0 Å². The minimum absolute atomic E-state index is 0.0493.